The summed E-state index contributed by atoms with van der Waals surface area (Å²) in [5.74, 6) is 0.601. The summed E-state index contributed by atoms with van der Waals surface area (Å²) in [6.45, 7) is -0.118. The van der Waals surface area contributed by atoms with E-state index in [-0.39, 0.29) is 18.4 Å². The van der Waals surface area contributed by atoms with Gasteiger partial charge < -0.3 is 9.47 Å². The van der Waals surface area contributed by atoms with Crippen LogP contribution in [-0.2, 0) is 9.59 Å². The van der Waals surface area contributed by atoms with Crippen molar-refractivity contribution in [1.29, 1.82) is 0 Å². The number of amides is 2. The lowest BCUT2D eigenvalue weighted by atomic mass is 9.99. The SMILES string of the molecule is COc1ccc(N2CC(=O)N(c3ccc(Cl)cc3)C(c3ccccc3)C2=O)c(OC)c1. The van der Waals surface area contributed by atoms with E-state index in [1.165, 1.54) is 16.9 Å². The number of ether oxygens (including phenoxy) is 2. The third-order valence-corrected chi connectivity index (χ3v) is 5.47. The molecule has 7 heteroatoms. The van der Waals surface area contributed by atoms with Gasteiger partial charge in [0.05, 0.1) is 19.9 Å². The Morgan fingerprint density at radius 3 is 2.26 bits per heavy atom. The molecule has 3 aromatic carbocycles. The van der Waals surface area contributed by atoms with Crippen LogP contribution < -0.4 is 19.3 Å². The van der Waals surface area contributed by atoms with Gasteiger partial charge >= 0.3 is 0 Å². The van der Waals surface area contributed by atoms with Crippen LogP contribution in [0, 0.1) is 0 Å². The number of anilines is 2. The Hall–Kier alpha value is -3.51. The summed E-state index contributed by atoms with van der Waals surface area (Å²) in [6, 6.07) is 20.5. The van der Waals surface area contributed by atoms with E-state index in [4.69, 9.17) is 21.1 Å². The lowest BCUT2D eigenvalue weighted by molar-refractivity contribution is -0.128. The first-order valence-corrected chi connectivity index (χ1v) is 10.1. The van der Waals surface area contributed by atoms with Gasteiger partial charge in [-0.2, -0.15) is 0 Å². The Morgan fingerprint density at radius 1 is 0.903 bits per heavy atom. The number of nitrogens with zero attached hydrogens (tertiary/aromatic N) is 2. The molecule has 2 amide bonds. The van der Waals surface area contributed by atoms with E-state index in [2.05, 4.69) is 0 Å². The summed E-state index contributed by atoms with van der Waals surface area (Å²) in [4.78, 5) is 30.1. The van der Waals surface area contributed by atoms with E-state index in [9.17, 15) is 9.59 Å². The van der Waals surface area contributed by atoms with Crippen molar-refractivity contribution in [3.05, 3.63) is 83.4 Å². The Balaban J connectivity index is 1.81. The van der Waals surface area contributed by atoms with Crippen LogP contribution in [0.2, 0.25) is 5.02 Å². The summed E-state index contributed by atoms with van der Waals surface area (Å²) in [5.41, 5.74) is 1.84. The predicted molar refractivity (Wildman–Crippen MR) is 120 cm³/mol. The second-order valence-corrected chi connectivity index (χ2v) is 7.45. The second kappa shape index (κ2) is 8.70. The number of hydrogen-bond donors (Lipinski definition) is 0. The molecule has 31 heavy (non-hydrogen) atoms. The highest BCUT2D eigenvalue weighted by Gasteiger charge is 2.42. The van der Waals surface area contributed by atoms with E-state index < -0.39 is 6.04 Å². The van der Waals surface area contributed by atoms with Crippen LogP contribution in [0.4, 0.5) is 11.4 Å². The molecule has 1 aliphatic heterocycles. The lowest BCUT2D eigenvalue weighted by Crippen LogP contribution is -2.56. The van der Waals surface area contributed by atoms with Crippen molar-refractivity contribution in [2.24, 2.45) is 0 Å². The zero-order valence-corrected chi connectivity index (χ0v) is 17.9. The van der Waals surface area contributed by atoms with Gasteiger partial charge in [-0.15, -0.1) is 0 Å². The molecule has 0 radical (unpaired) electrons. The molecule has 0 bridgehead atoms. The molecule has 0 aromatic heterocycles. The van der Waals surface area contributed by atoms with Crippen LogP contribution in [0.15, 0.2) is 72.8 Å². The first-order chi connectivity index (χ1) is 15.0. The minimum atomic E-state index is -0.824. The molecule has 6 nitrogen and oxygen atoms in total. The molecule has 1 saturated heterocycles. The zero-order valence-electron chi connectivity index (χ0n) is 17.1. The third kappa shape index (κ3) is 3.94. The molecule has 1 aliphatic rings. The highest BCUT2D eigenvalue weighted by atomic mass is 35.5. The van der Waals surface area contributed by atoms with Gasteiger partial charge in [-0.1, -0.05) is 41.9 Å². The zero-order chi connectivity index (χ0) is 22.0. The Morgan fingerprint density at radius 2 is 1.61 bits per heavy atom. The fraction of sp³-hybridized carbons (Fsp3) is 0.167. The van der Waals surface area contributed by atoms with Gasteiger partial charge in [0.1, 0.15) is 24.1 Å². The summed E-state index contributed by atoms with van der Waals surface area (Å²) in [6.07, 6.45) is 0. The predicted octanol–water partition coefficient (Wildman–Crippen LogP) is 4.48. The number of halogens is 1. The lowest BCUT2D eigenvalue weighted by Gasteiger charge is -2.40. The van der Waals surface area contributed by atoms with Crippen molar-refractivity contribution in [1.82, 2.24) is 0 Å². The number of methoxy groups -OCH3 is 2. The van der Waals surface area contributed by atoms with Crippen molar-refractivity contribution in [3.63, 3.8) is 0 Å². The van der Waals surface area contributed by atoms with Gasteiger partial charge in [0.25, 0.3) is 5.91 Å². The van der Waals surface area contributed by atoms with Crippen LogP contribution in [0.25, 0.3) is 0 Å². The first-order valence-electron chi connectivity index (χ1n) is 9.69. The molecule has 1 heterocycles. The van der Waals surface area contributed by atoms with E-state index in [0.717, 1.165) is 0 Å². The maximum Gasteiger partial charge on any atom is 0.255 e. The summed E-state index contributed by atoms with van der Waals surface area (Å²) in [5, 5.41) is 0.556. The molecular formula is C24H21ClN2O4. The van der Waals surface area contributed by atoms with Crippen molar-refractivity contribution in [3.8, 4) is 11.5 Å². The highest BCUT2D eigenvalue weighted by Crippen LogP contribution is 2.39. The second-order valence-electron chi connectivity index (χ2n) is 7.02. The first kappa shape index (κ1) is 20.8. The molecule has 0 saturated carbocycles. The summed E-state index contributed by atoms with van der Waals surface area (Å²) >= 11 is 6.03. The normalized spacial score (nSPS) is 16.4. The molecule has 0 N–H and O–H groups in total. The Labute approximate surface area is 185 Å². The fourth-order valence-corrected chi connectivity index (χ4v) is 3.85. The smallest absolute Gasteiger partial charge is 0.255 e. The molecular weight excluding hydrogens is 416 g/mol. The minimum Gasteiger partial charge on any atom is -0.497 e. The van der Waals surface area contributed by atoms with Crippen molar-refractivity contribution >= 4 is 34.8 Å². The standard InChI is InChI=1S/C24H21ClN2O4/c1-30-19-12-13-20(21(14-19)31-2)26-15-22(28)27(18-10-8-17(25)9-11-18)23(24(26)29)16-6-4-3-5-7-16/h3-14,23H,15H2,1-2H3. The average molecular weight is 437 g/mol. The molecule has 1 fully saturated rings. The number of hydrogen-bond acceptors (Lipinski definition) is 4. The van der Waals surface area contributed by atoms with E-state index in [0.29, 0.717) is 33.5 Å². The van der Waals surface area contributed by atoms with Crippen molar-refractivity contribution < 1.29 is 19.1 Å². The Kier molecular flexibility index (Phi) is 5.82. The Bertz CT molecular complexity index is 1100. The fourth-order valence-electron chi connectivity index (χ4n) is 3.72. The van der Waals surface area contributed by atoms with Gasteiger partial charge in [-0.3, -0.25) is 19.4 Å². The van der Waals surface area contributed by atoms with Crippen molar-refractivity contribution in [2.45, 2.75) is 6.04 Å². The quantitative estimate of drug-likeness (QED) is 0.591. The number of benzene rings is 3. The molecule has 4 rings (SSSR count). The number of carbonyl (C=O) groups excluding carboxylic acids is 2. The molecule has 1 unspecified atom stereocenters. The number of rotatable bonds is 5. The topological polar surface area (TPSA) is 59.1 Å². The van der Waals surface area contributed by atoms with Crippen LogP contribution >= 0.6 is 11.6 Å². The molecule has 1 atom stereocenters. The molecule has 0 spiro atoms. The van der Waals surface area contributed by atoms with Gasteiger partial charge in [0, 0.05) is 16.8 Å². The molecule has 158 valence electrons. The number of carbonyl (C=O) groups is 2. The maximum atomic E-state index is 13.8. The van der Waals surface area contributed by atoms with Crippen molar-refractivity contribution in [2.75, 3.05) is 30.6 Å². The van der Waals surface area contributed by atoms with E-state index >= 15 is 0 Å². The minimum absolute atomic E-state index is 0.118. The van der Waals surface area contributed by atoms with Gasteiger partial charge in [-0.25, -0.2) is 0 Å². The average Bonchev–Trinajstić information content (AvgIpc) is 2.81. The number of piperazine rings is 1. The molecule has 0 aliphatic carbocycles. The van der Waals surface area contributed by atoms with E-state index in [1.807, 2.05) is 30.3 Å². The van der Waals surface area contributed by atoms with Gasteiger partial charge in [0.2, 0.25) is 5.91 Å². The van der Waals surface area contributed by atoms with Gasteiger partial charge in [0.15, 0.2) is 0 Å². The maximum absolute atomic E-state index is 13.8. The summed E-state index contributed by atoms with van der Waals surface area (Å²) in [7, 11) is 3.07. The highest BCUT2D eigenvalue weighted by molar-refractivity contribution is 6.30. The summed E-state index contributed by atoms with van der Waals surface area (Å²) < 4.78 is 10.7. The van der Waals surface area contributed by atoms with Gasteiger partial charge in [-0.05, 0) is 42.0 Å². The van der Waals surface area contributed by atoms with Crippen LogP contribution in [0.1, 0.15) is 11.6 Å². The van der Waals surface area contributed by atoms with Crippen LogP contribution in [-0.4, -0.2) is 32.6 Å². The molecule has 3 aromatic rings. The largest absolute Gasteiger partial charge is 0.497 e. The third-order valence-electron chi connectivity index (χ3n) is 5.22. The monoisotopic (exact) mass is 436 g/mol. The van der Waals surface area contributed by atoms with Crippen LogP contribution in [0.3, 0.4) is 0 Å². The van der Waals surface area contributed by atoms with Crippen LogP contribution in [0.5, 0.6) is 11.5 Å². The van der Waals surface area contributed by atoms with E-state index in [1.54, 1.807) is 49.6 Å².